The lowest BCUT2D eigenvalue weighted by molar-refractivity contribution is -0.140. The molecule has 1 aliphatic carbocycles. The first-order valence-corrected chi connectivity index (χ1v) is 14.0. The minimum Gasteiger partial charge on any atom is -0.354 e. The molecule has 0 aliphatic heterocycles. The monoisotopic (exact) mass is 548 g/mol. The minimum absolute atomic E-state index is 0.117. The smallest absolute Gasteiger partial charge is 0.243 e. The standard InChI is InChI=1S/C32H34Cl2N2O2/c33-28-15-11-26(12-16-28)22-31(37)36(23-27-13-17-29(34)18-14-27)30(21-25-9-5-2-6-10-25)32(38)35-20-19-24-7-3-1-4-8-24/h2,5-7,9-18,30H,1,3-4,8,19-23H2,(H,35,38)/t30-/m0/s1. The zero-order chi connectivity index (χ0) is 26.7. The van der Waals surface area contributed by atoms with Crippen LogP contribution in [-0.4, -0.2) is 29.3 Å². The molecular weight excluding hydrogens is 515 g/mol. The molecule has 2 amide bonds. The number of allylic oxidation sites excluding steroid dienone is 1. The molecule has 0 saturated heterocycles. The third-order valence-corrected chi connectivity index (χ3v) is 7.44. The lowest BCUT2D eigenvalue weighted by Crippen LogP contribution is -2.51. The van der Waals surface area contributed by atoms with Crippen LogP contribution in [0.1, 0.15) is 48.8 Å². The Labute approximate surface area is 235 Å². The van der Waals surface area contributed by atoms with Crippen molar-refractivity contribution in [1.82, 2.24) is 10.2 Å². The highest BCUT2D eigenvalue weighted by Crippen LogP contribution is 2.21. The van der Waals surface area contributed by atoms with Gasteiger partial charge in [-0.25, -0.2) is 0 Å². The van der Waals surface area contributed by atoms with E-state index >= 15 is 0 Å². The van der Waals surface area contributed by atoms with Crippen molar-refractivity contribution in [2.45, 2.75) is 57.5 Å². The summed E-state index contributed by atoms with van der Waals surface area (Å²) in [5.74, 6) is -0.253. The highest BCUT2D eigenvalue weighted by molar-refractivity contribution is 6.30. The molecule has 3 aromatic rings. The van der Waals surface area contributed by atoms with Gasteiger partial charge in [-0.15, -0.1) is 0 Å². The van der Waals surface area contributed by atoms with Gasteiger partial charge in [0.25, 0.3) is 0 Å². The highest BCUT2D eigenvalue weighted by Gasteiger charge is 2.30. The van der Waals surface area contributed by atoms with E-state index in [0.717, 1.165) is 36.0 Å². The molecule has 0 spiro atoms. The van der Waals surface area contributed by atoms with Gasteiger partial charge in [0.1, 0.15) is 6.04 Å². The summed E-state index contributed by atoms with van der Waals surface area (Å²) in [5.41, 5.74) is 4.18. The Hall–Kier alpha value is -3.08. The molecule has 4 rings (SSSR count). The van der Waals surface area contributed by atoms with Crippen LogP contribution in [0.4, 0.5) is 0 Å². The van der Waals surface area contributed by atoms with Crippen LogP contribution in [0.25, 0.3) is 0 Å². The van der Waals surface area contributed by atoms with Gasteiger partial charge in [-0.3, -0.25) is 9.59 Å². The Morgan fingerprint density at radius 3 is 2.11 bits per heavy atom. The van der Waals surface area contributed by atoms with E-state index in [-0.39, 0.29) is 18.2 Å². The van der Waals surface area contributed by atoms with Crippen molar-refractivity contribution < 1.29 is 9.59 Å². The second-order valence-electron chi connectivity index (χ2n) is 9.81. The van der Waals surface area contributed by atoms with Gasteiger partial charge in [-0.1, -0.05) is 89.4 Å². The Morgan fingerprint density at radius 1 is 0.816 bits per heavy atom. The van der Waals surface area contributed by atoms with Gasteiger partial charge in [0.05, 0.1) is 6.42 Å². The molecule has 0 bridgehead atoms. The molecule has 1 N–H and O–H groups in total. The summed E-state index contributed by atoms with van der Waals surface area (Å²) in [4.78, 5) is 29.2. The normalized spacial score (nSPS) is 13.9. The molecule has 0 saturated carbocycles. The van der Waals surface area contributed by atoms with Crippen molar-refractivity contribution in [2.24, 2.45) is 0 Å². The molecule has 38 heavy (non-hydrogen) atoms. The molecule has 6 heteroatoms. The van der Waals surface area contributed by atoms with E-state index in [1.165, 1.54) is 18.4 Å². The van der Waals surface area contributed by atoms with E-state index in [9.17, 15) is 9.59 Å². The number of hydrogen-bond donors (Lipinski definition) is 1. The number of carbonyl (C=O) groups excluding carboxylic acids is 2. The Kier molecular flexibility index (Phi) is 10.4. The van der Waals surface area contributed by atoms with E-state index in [1.54, 1.807) is 17.0 Å². The largest absolute Gasteiger partial charge is 0.354 e. The number of halogens is 2. The molecule has 3 aromatic carbocycles. The Morgan fingerprint density at radius 2 is 1.47 bits per heavy atom. The predicted octanol–water partition coefficient (Wildman–Crippen LogP) is 7.18. The van der Waals surface area contributed by atoms with Crippen LogP contribution in [0.15, 0.2) is 90.5 Å². The van der Waals surface area contributed by atoms with E-state index in [0.29, 0.717) is 29.6 Å². The summed E-state index contributed by atoms with van der Waals surface area (Å²) in [6.07, 6.45) is 8.43. The van der Waals surface area contributed by atoms with E-state index < -0.39 is 6.04 Å². The van der Waals surface area contributed by atoms with Gasteiger partial charge >= 0.3 is 0 Å². The number of rotatable bonds is 11. The predicted molar refractivity (Wildman–Crippen MR) is 155 cm³/mol. The first-order valence-electron chi connectivity index (χ1n) is 13.3. The van der Waals surface area contributed by atoms with Crippen molar-refractivity contribution >= 4 is 35.0 Å². The average Bonchev–Trinajstić information content (AvgIpc) is 2.94. The van der Waals surface area contributed by atoms with Gasteiger partial charge in [0.2, 0.25) is 11.8 Å². The van der Waals surface area contributed by atoms with Crippen LogP contribution in [0.2, 0.25) is 10.0 Å². The fourth-order valence-electron chi connectivity index (χ4n) is 4.81. The quantitative estimate of drug-likeness (QED) is 0.258. The van der Waals surface area contributed by atoms with Gasteiger partial charge < -0.3 is 10.2 Å². The molecule has 0 fully saturated rings. The summed E-state index contributed by atoms with van der Waals surface area (Å²) < 4.78 is 0. The maximum absolute atomic E-state index is 13.8. The molecule has 0 aromatic heterocycles. The minimum atomic E-state index is -0.659. The van der Waals surface area contributed by atoms with Crippen LogP contribution in [0, 0.1) is 0 Å². The Balaban J connectivity index is 1.58. The lowest BCUT2D eigenvalue weighted by Gasteiger charge is -2.32. The fraction of sp³-hybridized carbons (Fsp3) is 0.312. The van der Waals surface area contributed by atoms with E-state index in [2.05, 4.69) is 11.4 Å². The number of benzene rings is 3. The summed E-state index contributed by atoms with van der Waals surface area (Å²) in [6, 6.07) is 23.9. The van der Waals surface area contributed by atoms with Gasteiger partial charge in [-0.2, -0.15) is 0 Å². The third-order valence-electron chi connectivity index (χ3n) is 6.94. The molecule has 4 nitrogen and oxygen atoms in total. The average molecular weight is 550 g/mol. The lowest BCUT2D eigenvalue weighted by atomic mass is 9.97. The topological polar surface area (TPSA) is 49.4 Å². The molecule has 1 atom stereocenters. The van der Waals surface area contributed by atoms with E-state index in [1.807, 2.05) is 66.7 Å². The number of nitrogens with zero attached hydrogens (tertiary/aromatic N) is 1. The summed E-state index contributed by atoms with van der Waals surface area (Å²) in [7, 11) is 0. The highest BCUT2D eigenvalue weighted by atomic mass is 35.5. The molecule has 0 radical (unpaired) electrons. The second kappa shape index (κ2) is 14.2. The van der Waals surface area contributed by atoms with E-state index in [4.69, 9.17) is 23.2 Å². The molecular formula is C32H34Cl2N2O2. The first-order chi connectivity index (χ1) is 18.5. The molecule has 0 heterocycles. The summed E-state index contributed by atoms with van der Waals surface area (Å²) in [6.45, 7) is 0.871. The van der Waals surface area contributed by atoms with Crippen molar-refractivity contribution in [3.63, 3.8) is 0 Å². The van der Waals surface area contributed by atoms with Crippen molar-refractivity contribution in [2.75, 3.05) is 6.54 Å². The summed E-state index contributed by atoms with van der Waals surface area (Å²) in [5, 5.41) is 4.39. The maximum Gasteiger partial charge on any atom is 0.243 e. The number of nitrogens with one attached hydrogen (secondary N) is 1. The van der Waals surface area contributed by atoms with Crippen LogP contribution in [0.3, 0.4) is 0 Å². The number of hydrogen-bond acceptors (Lipinski definition) is 2. The number of amides is 2. The van der Waals surface area contributed by atoms with Gasteiger partial charge in [0.15, 0.2) is 0 Å². The number of carbonyl (C=O) groups is 2. The fourth-order valence-corrected chi connectivity index (χ4v) is 5.07. The van der Waals surface area contributed by atoms with Crippen molar-refractivity contribution in [3.05, 3.63) is 117 Å². The zero-order valence-electron chi connectivity index (χ0n) is 21.5. The third kappa shape index (κ3) is 8.47. The molecule has 198 valence electrons. The van der Waals surface area contributed by atoms with Crippen molar-refractivity contribution in [3.8, 4) is 0 Å². The molecule has 1 aliphatic rings. The van der Waals surface area contributed by atoms with Gasteiger partial charge in [0, 0.05) is 29.6 Å². The SMILES string of the molecule is O=C(NCCC1=CCCCC1)[C@H](Cc1ccccc1)N(Cc1ccc(Cl)cc1)C(=O)Cc1ccc(Cl)cc1. The van der Waals surface area contributed by atoms with Crippen LogP contribution < -0.4 is 5.32 Å². The van der Waals surface area contributed by atoms with Crippen LogP contribution >= 0.6 is 23.2 Å². The molecule has 0 unspecified atom stereocenters. The first kappa shape index (κ1) is 27.9. The summed E-state index contributed by atoms with van der Waals surface area (Å²) >= 11 is 12.2. The van der Waals surface area contributed by atoms with Crippen LogP contribution in [0.5, 0.6) is 0 Å². The second-order valence-corrected chi connectivity index (χ2v) is 10.7. The van der Waals surface area contributed by atoms with Crippen LogP contribution in [-0.2, 0) is 29.0 Å². The Bertz CT molecular complexity index is 1220. The zero-order valence-corrected chi connectivity index (χ0v) is 23.1. The maximum atomic E-state index is 13.8. The van der Waals surface area contributed by atoms with Gasteiger partial charge in [-0.05, 0) is 73.1 Å². The van der Waals surface area contributed by atoms with Crippen molar-refractivity contribution in [1.29, 1.82) is 0 Å².